The summed E-state index contributed by atoms with van der Waals surface area (Å²) in [5.74, 6) is 0. The van der Waals surface area contributed by atoms with Crippen molar-refractivity contribution in [3.63, 3.8) is 0 Å². The van der Waals surface area contributed by atoms with Crippen LogP contribution < -0.4 is 5.32 Å². The van der Waals surface area contributed by atoms with Crippen molar-refractivity contribution in [3.05, 3.63) is 24.3 Å². The van der Waals surface area contributed by atoms with Crippen LogP contribution in [0.25, 0.3) is 0 Å². The fourth-order valence-corrected chi connectivity index (χ4v) is 2.16. The monoisotopic (exact) mass is 265 g/mol. The molecular weight excluding hydrogens is 238 g/mol. The first kappa shape index (κ1) is 16.1. The van der Waals surface area contributed by atoms with E-state index < -0.39 is 0 Å². The molecule has 1 rings (SSSR count). The summed E-state index contributed by atoms with van der Waals surface area (Å²) < 4.78 is 5.99. The number of aromatic nitrogens is 2. The molecule has 0 bridgehead atoms. The van der Waals surface area contributed by atoms with E-state index in [1.54, 1.807) is 12.4 Å². The molecule has 0 fully saturated rings. The standard InChI is InChI=1S/C15H27N3O/c1-6-8-18-13(12-11-16-9-10-17-12)14(19-7-2)15(3,4)5/h9-11,13-14,18H,6-8H2,1-5H3. The van der Waals surface area contributed by atoms with Gasteiger partial charge in [0.2, 0.25) is 0 Å². The van der Waals surface area contributed by atoms with Gasteiger partial charge in [0.1, 0.15) is 0 Å². The Labute approximate surface area is 117 Å². The highest BCUT2D eigenvalue weighted by atomic mass is 16.5. The molecule has 1 heterocycles. The second kappa shape index (κ2) is 7.56. The highest BCUT2D eigenvalue weighted by molar-refractivity contribution is 5.07. The number of rotatable bonds is 7. The zero-order valence-electron chi connectivity index (χ0n) is 12.8. The SMILES string of the molecule is CCCNC(c1cnccn1)C(OCC)C(C)(C)C. The zero-order valence-corrected chi connectivity index (χ0v) is 12.8. The lowest BCUT2D eigenvalue weighted by Gasteiger charge is -2.36. The first-order valence-corrected chi connectivity index (χ1v) is 7.11. The minimum Gasteiger partial charge on any atom is -0.376 e. The van der Waals surface area contributed by atoms with Gasteiger partial charge in [-0.2, -0.15) is 0 Å². The van der Waals surface area contributed by atoms with E-state index in [0.29, 0.717) is 6.61 Å². The van der Waals surface area contributed by atoms with Crippen molar-refractivity contribution in [2.75, 3.05) is 13.2 Å². The molecular formula is C15H27N3O. The molecule has 0 spiro atoms. The van der Waals surface area contributed by atoms with E-state index in [-0.39, 0.29) is 17.6 Å². The van der Waals surface area contributed by atoms with E-state index in [9.17, 15) is 0 Å². The molecule has 4 nitrogen and oxygen atoms in total. The third kappa shape index (κ3) is 4.88. The molecule has 19 heavy (non-hydrogen) atoms. The summed E-state index contributed by atoms with van der Waals surface area (Å²) in [4.78, 5) is 8.62. The molecule has 0 aliphatic heterocycles. The van der Waals surface area contributed by atoms with E-state index in [0.717, 1.165) is 18.7 Å². The average molecular weight is 265 g/mol. The Morgan fingerprint density at radius 3 is 2.47 bits per heavy atom. The third-order valence-corrected chi connectivity index (χ3v) is 3.02. The van der Waals surface area contributed by atoms with Gasteiger partial charge in [0, 0.05) is 19.0 Å². The van der Waals surface area contributed by atoms with Gasteiger partial charge in [0.25, 0.3) is 0 Å². The Balaban J connectivity index is 2.99. The molecule has 1 aromatic heterocycles. The fraction of sp³-hybridized carbons (Fsp3) is 0.733. The summed E-state index contributed by atoms with van der Waals surface area (Å²) in [6, 6.07) is 0.0774. The maximum atomic E-state index is 5.99. The molecule has 0 aliphatic rings. The van der Waals surface area contributed by atoms with Crippen molar-refractivity contribution in [2.24, 2.45) is 5.41 Å². The number of nitrogens with zero attached hydrogens (tertiary/aromatic N) is 2. The molecule has 0 amide bonds. The number of ether oxygens (including phenoxy) is 1. The van der Waals surface area contributed by atoms with Crippen LogP contribution in [0, 0.1) is 5.41 Å². The number of hydrogen-bond donors (Lipinski definition) is 1. The largest absolute Gasteiger partial charge is 0.376 e. The summed E-state index contributed by atoms with van der Waals surface area (Å²) in [7, 11) is 0. The first-order valence-electron chi connectivity index (χ1n) is 7.11. The maximum absolute atomic E-state index is 5.99. The van der Waals surface area contributed by atoms with Gasteiger partial charge < -0.3 is 10.1 Å². The van der Waals surface area contributed by atoms with E-state index in [2.05, 4.69) is 43.0 Å². The zero-order chi connectivity index (χ0) is 14.3. The van der Waals surface area contributed by atoms with Crippen LogP contribution in [-0.4, -0.2) is 29.2 Å². The molecule has 0 aromatic carbocycles. The molecule has 108 valence electrons. The van der Waals surface area contributed by atoms with Gasteiger partial charge in [0.15, 0.2) is 0 Å². The Hall–Kier alpha value is -1.00. The quantitative estimate of drug-likeness (QED) is 0.823. The van der Waals surface area contributed by atoms with E-state index in [1.165, 1.54) is 0 Å². The minimum atomic E-state index is 0.0406. The highest BCUT2D eigenvalue weighted by Gasteiger charge is 2.34. The number of nitrogens with one attached hydrogen (secondary N) is 1. The summed E-state index contributed by atoms with van der Waals surface area (Å²) in [6.07, 6.45) is 6.42. The lowest BCUT2D eigenvalue weighted by Crippen LogP contribution is -2.42. The molecule has 0 aliphatic carbocycles. The van der Waals surface area contributed by atoms with Crippen LogP contribution in [-0.2, 0) is 4.74 Å². The molecule has 0 saturated carbocycles. The second-order valence-corrected chi connectivity index (χ2v) is 5.80. The van der Waals surface area contributed by atoms with Crippen LogP contribution in [0.4, 0.5) is 0 Å². The highest BCUT2D eigenvalue weighted by Crippen LogP contribution is 2.31. The summed E-state index contributed by atoms with van der Waals surface area (Å²) in [6.45, 7) is 12.4. The van der Waals surface area contributed by atoms with Gasteiger partial charge in [-0.15, -0.1) is 0 Å². The Morgan fingerprint density at radius 2 is 2.00 bits per heavy atom. The third-order valence-electron chi connectivity index (χ3n) is 3.02. The van der Waals surface area contributed by atoms with E-state index >= 15 is 0 Å². The molecule has 2 unspecified atom stereocenters. The Morgan fingerprint density at radius 1 is 1.26 bits per heavy atom. The van der Waals surface area contributed by atoms with Crippen LogP contribution in [0.2, 0.25) is 0 Å². The summed E-state index contributed by atoms with van der Waals surface area (Å²) in [5, 5.41) is 3.55. The lowest BCUT2D eigenvalue weighted by molar-refractivity contribution is -0.0375. The van der Waals surface area contributed by atoms with Crippen molar-refractivity contribution in [3.8, 4) is 0 Å². The summed E-state index contributed by atoms with van der Waals surface area (Å²) >= 11 is 0. The van der Waals surface area contributed by atoms with Gasteiger partial charge in [-0.05, 0) is 25.3 Å². The van der Waals surface area contributed by atoms with E-state index in [1.807, 2.05) is 13.1 Å². The van der Waals surface area contributed by atoms with Gasteiger partial charge in [0.05, 0.1) is 24.0 Å². The first-order chi connectivity index (χ1) is 9.00. The maximum Gasteiger partial charge on any atom is 0.0833 e. The molecule has 2 atom stereocenters. The summed E-state index contributed by atoms with van der Waals surface area (Å²) in [5.41, 5.74) is 0.989. The van der Waals surface area contributed by atoms with Gasteiger partial charge in [-0.1, -0.05) is 27.7 Å². The average Bonchev–Trinajstić information content (AvgIpc) is 2.38. The van der Waals surface area contributed by atoms with Crippen LogP contribution in [0.5, 0.6) is 0 Å². The van der Waals surface area contributed by atoms with Crippen molar-refractivity contribution in [2.45, 2.75) is 53.2 Å². The van der Waals surface area contributed by atoms with Crippen molar-refractivity contribution in [1.29, 1.82) is 0 Å². The predicted octanol–water partition coefficient (Wildman–Crippen LogP) is 2.97. The van der Waals surface area contributed by atoms with Gasteiger partial charge in [-0.3, -0.25) is 9.97 Å². The number of hydrogen-bond acceptors (Lipinski definition) is 4. The fourth-order valence-electron chi connectivity index (χ4n) is 2.16. The van der Waals surface area contributed by atoms with Crippen LogP contribution in [0.15, 0.2) is 18.6 Å². The molecule has 0 saturated heterocycles. The molecule has 1 N–H and O–H groups in total. The molecule has 1 aromatic rings. The van der Waals surface area contributed by atoms with Crippen molar-refractivity contribution < 1.29 is 4.74 Å². The van der Waals surface area contributed by atoms with Crippen molar-refractivity contribution in [1.82, 2.24) is 15.3 Å². The topological polar surface area (TPSA) is 47.0 Å². The van der Waals surface area contributed by atoms with Crippen molar-refractivity contribution >= 4 is 0 Å². The van der Waals surface area contributed by atoms with Crippen LogP contribution >= 0.6 is 0 Å². The van der Waals surface area contributed by atoms with Crippen LogP contribution in [0.1, 0.15) is 52.8 Å². The predicted molar refractivity (Wildman–Crippen MR) is 77.9 cm³/mol. The van der Waals surface area contributed by atoms with Gasteiger partial charge >= 0.3 is 0 Å². The normalized spacial score (nSPS) is 15.2. The smallest absolute Gasteiger partial charge is 0.0833 e. The van der Waals surface area contributed by atoms with Gasteiger partial charge in [-0.25, -0.2) is 0 Å². The molecule has 4 heteroatoms. The van der Waals surface area contributed by atoms with E-state index in [4.69, 9.17) is 4.74 Å². The lowest BCUT2D eigenvalue weighted by atomic mass is 9.83. The second-order valence-electron chi connectivity index (χ2n) is 5.80. The Kier molecular flexibility index (Phi) is 6.38. The molecule has 0 radical (unpaired) electrons. The Bertz CT molecular complexity index is 348. The minimum absolute atomic E-state index is 0.0406. The van der Waals surface area contributed by atoms with Crippen LogP contribution in [0.3, 0.4) is 0 Å².